The maximum absolute atomic E-state index is 13.4. The number of halogens is 5. The Morgan fingerprint density at radius 1 is 0.920 bits per heavy atom. The van der Waals surface area contributed by atoms with Crippen LogP contribution in [0.3, 0.4) is 0 Å². The lowest BCUT2D eigenvalue weighted by atomic mass is 9.97. The summed E-state index contributed by atoms with van der Waals surface area (Å²) in [5.74, 6) is -11.3. The van der Waals surface area contributed by atoms with Crippen molar-refractivity contribution in [2.24, 2.45) is 5.92 Å². The van der Waals surface area contributed by atoms with Crippen LogP contribution < -0.4 is 0 Å². The fraction of sp³-hybridized carbons (Fsp3) is 0.533. The molecule has 0 aromatic heterocycles. The van der Waals surface area contributed by atoms with Crippen LogP contribution in [0, 0.1) is 35.0 Å². The molecule has 0 radical (unpaired) electrons. The van der Waals surface area contributed by atoms with Crippen LogP contribution in [0.1, 0.15) is 31.2 Å². The lowest BCUT2D eigenvalue weighted by Gasteiger charge is -2.21. The number of carbonyl (C=O) groups is 1. The van der Waals surface area contributed by atoms with Gasteiger partial charge in [0, 0.05) is 6.42 Å². The van der Waals surface area contributed by atoms with Gasteiger partial charge in [-0.05, 0) is 25.2 Å². The van der Waals surface area contributed by atoms with Gasteiger partial charge in [-0.1, -0.05) is 0 Å². The molecule has 25 heavy (non-hydrogen) atoms. The third-order valence-electron chi connectivity index (χ3n) is 4.11. The Bertz CT molecular complexity index is 736. The molecule has 1 aliphatic rings. The van der Waals surface area contributed by atoms with Gasteiger partial charge in [-0.2, -0.15) is 0 Å². The minimum atomic E-state index is -3.02. The van der Waals surface area contributed by atoms with Crippen LogP contribution in [0.4, 0.5) is 22.0 Å². The average molecular weight is 386 g/mol. The van der Waals surface area contributed by atoms with E-state index < -0.39 is 57.1 Å². The van der Waals surface area contributed by atoms with Gasteiger partial charge in [0.15, 0.2) is 23.3 Å². The van der Waals surface area contributed by atoms with Crippen molar-refractivity contribution in [3.05, 3.63) is 34.6 Å². The van der Waals surface area contributed by atoms with E-state index in [1.807, 2.05) is 0 Å². The molecule has 0 amide bonds. The summed E-state index contributed by atoms with van der Waals surface area (Å²) in [4.78, 5) is 11.6. The Balaban J connectivity index is 1.89. The molecule has 1 aromatic rings. The molecule has 0 saturated carbocycles. The van der Waals surface area contributed by atoms with Crippen LogP contribution in [0.15, 0.2) is 0 Å². The van der Waals surface area contributed by atoms with Crippen LogP contribution in [0.25, 0.3) is 0 Å². The van der Waals surface area contributed by atoms with Crippen LogP contribution in [0.5, 0.6) is 0 Å². The Hall–Kier alpha value is -1.71. The fourth-order valence-electron chi connectivity index (χ4n) is 2.55. The molecular formula is C15H15F5O4S. The number of hydrogen-bond donors (Lipinski definition) is 0. The van der Waals surface area contributed by atoms with Gasteiger partial charge in [0.2, 0.25) is 5.82 Å². The first-order valence-electron chi connectivity index (χ1n) is 7.48. The van der Waals surface area contributed by atoms with E-state index in [0.29, 0.717) is 19.3 Å². The zero-order valence-corrected chi connectivity index (χ0v) is 13.8. The monoisotopic (exact) mass is 386 g/mol. The van der Waals surface area contributed by atoms with Gasteiger partial charge in [0.1, 0.15) is 16.4 Å². The summed E-state index contributed by atoms with van der Waals surface area (Å²) < 4.78 is 93.0. The molecule has 0 N–H and O–H groups in total. The molecule has 1 fully saturated rings. The van der Waals surface area contributed by atoms with Crippen molar-refractivity contribution in [1.29, 1.82) is 0 Å². The first kappa shape index (κ1) is 19.6. The van der Waals surface area contributed by atoms with Crippen LogP contribution in [-0.2, 0) is 26.0 Å². The summed E-state index contributed by atoms with van der Waals surface area (Å²) in [7, 11) is -3.02. The van der Waals surface area contributed by atoms with Crippen molar-refractivity contribution in [2.75, 3.05) is 11.5 Å². The minimum absolute atomic E-state index is 0.00487. The van der Waals surface area contributed by atoms with Gasteiger partial charge in [0.25, 0.3) is 0 Å². The fourth-order valence-corrected chi connectivity index (χ4v) is 4.14. The number of benzene rings is 1. The highest BCUT2D eigenvalue weighted by atomic mass is 32.2. The molecular weight excluding hydrogens is 371 g/mol. The Kier molecular flexibility index (Phi) is 6.02. The van der Waals surface area contributed by atoms with Crippen molar-refractivity contribution in [2.45, 2.75) is 32.3 Å². The zero-order valence-electron chi connectivity index (χ0n) is 13.0. The highest BCUT2D eigenvalue weighted by molar-refractivity contribution is 7.91. The topological polar surface area (TPSA) is 60.4 Å². The van der Waals surface area contributed by atoms with Crippen LogP contribution in [0.2, 0.25) is 0 Å². The molecule has 0 bridgehead atoms. The van der Waals surface area contributed by atoms with Crippen LogP contribution >= 0.6 is 0 Å². The van der Waals surface area contributed by atoms with E-state index in [1.54, 1.807) is 0 Å². The average Bonchev–Trinajstić information content (AvgIpc) is 2.57. The standard InChI is InChI=1S/C15H15F5O4S/c16-11-9(12(17)14(19)15(20)13(11)18)7-24-10(21)2-1-8-3-5-25(22,23)6-4-8/h8H,1-7H2. The van der Waals surface area contributed by atoms with Gasteiger partial charge in [0.05, 0.1) is 17.1 Å². The van der Waals surface area contributed by atoms with Crippen molar-refractivity contribution >= 4 is 15.8 Å². The lowest BCUT2D eigenvalue weighted by Crippen LogP contribution is -2.23. The summed E-state index contributed by atoms with van der Waals surface area (Å²) in [5, 5.41) is 0. The smallest absolute Gasteiger partial charge is 0.306 e. The zero-order chi connectivity index (χ0) is 18.8. The predicted octanol–water partition coefficient (Wildman–Crippen LogP) is 3.03. The number of carbonyl (C=O) groups excluding carboxylic acids is 1. The molecule has 1 saturated heterocycles. The second-order valence-corrected chi connectivity index (χ2v) is 8.15. The number of rotatable bonds is 5. The van der Waals surface area contributed by atoms with E-state index in [1.165, 1.54) is 0 Å². The summed E-state index contributed by atoms with van der Waals surface area (Å²) in [6.45, 7) is -1.08. The third-order valence-corrected chi connectivity index (χ3v) is 5.82. The Morgan fingerprint density at radius 3 is 1.92 bits per heavy atom. The Morgan fingerprint density at radius 2 is 1.40 bits per heavy atom. The van der Waals surface area contributed by atoms with Crippen molar-refractivity contribution in [3.8, 4) is 0 Å². The molecule has 1 aromatic carbocycles. The van der Waals surface area contributed by atoms with E-state index in [9.17, 15) is 35.2 Å². The van der Waals surface area contributed by atoms with Crippen molar-refractivity contribution < 1.29 is 39.9 Å². The molecule has 0 aliphatic carbocycles. The highest BCUT2D eigenvalue weighted by Crippen LogP contribution is 2.25. The van der Waals surface area contributed by atoms with Crippen LogP contribution in [-0.4, -0.2) is 25.9 Å². The molecule has 1 heterocycles. The van der Waals surface area contributed by atoms with Gasteiger partial charge < -0.3 is 4.74 Å². The lowest BCUT2D eigenvalue weighted by molar-refractivity contribution is -0.145. The summed E-state index contributed by atoms with van der Waals surface area (Å²) in [5.41, 5.74) is -1.21. The predicted molar refractivity (Wildman–Crippen MR) is 76.6 cm³/mol. The number of esters is 1. The molecule has 0 atom stereocenters. The third kappa shape index (κ3) is 4.68. The number of ether oxygens (including phenoxy) is 1. The molecule has 2 rings (SSSR count). The maximum Gasteiger partial charge on any atom is 0.306 e. The summed E-state index contributed by atoms with van der Waals surface area (Å²) in [6.07, 6.45) is 1.01. The quantitative estimate of drug-likeness (QED) is 0.338. The second-order valence-electron chi connectivity index (χ2n) is 5.84. The van der Waals surface area contributed by atoms with E-state index >= 15 is 0 Å². The minimum Gasteiger partial charge on any atom is -0.461 e. The van der Waals surface area contributed by atoms with E-state index in [4.69, 9.17) is 0 Å². The van der Waals surface area contributed by atoms with Gasteiger partial charge in [-0.15, -0.1) is 0 Å². The van der Waals surface area contributed by atoms with E-state index in [2.05, 4.69) is 4.74 Å². The molecule has 1 aliphatic heterocycles. The number of sulfone groups is 1. The number of hydrogen-bond acceptors (Lipinski definition) is 4. The first-order valence-corrected chi connectivity index (χ1v) is 9.31. The first-order chi connectivity index (χ1) is 11.6. The summed E-state index contributed by atoms with van der Waals surface area (Å²) in [6, 6.07) is 0. The molecule has 10 heteroatoms. The van der Waals surface area contributed by atoms with Gasteiger partial charge >= 0.3 is 5.97 Å². The second kappa shape index (κ2) is 7.67. The van der Waals surface area contributed by atoms with Gasteiger partial charge in [-0.25, -0.2) is 30.4 Å². The maximum atomic E-state index is 13.4. The Labute approximate surface area is 140 Å². The largest absolute Gasteiger partial charge is 0.461 e. The van der Waals surface area contributed by atoms with E-state index in [0.717, 1.165) is 0 Å². The van der Waals surface area contributed by atoms with Crippen molar-refractivity contribution in [3.63, 3.8) is 0 Å². The SMILES string of the molecule is O=C(CCC1CCS(=O)(=O)CC1)OCc1c(F)c(F)c(F)c(F)c1F. The molecule has 0 unspecified atom stereocenters. The highest BCUT2D eigenvalue weighted by Gasteiger charge is 2.27. The molecule has 0 spiro atoms. The van der Waals surface area contributed by atoms with E-state index in [-0.39, 0.29) is 23.8 Å². The van der Waals surface area contributed by atoms with Gasteiger partial charge in [-0.3, -0.25) is 4.79 Å². The van der Waals surface area contributed by atoms with Crippen molar-refractivity contribution in [1.82, 2.24) is 0 Å². The summed E-state index contributed by atoms with van der Waals surface area (Å²) >= 11 is 0. The normalized spacial score (nSPS) is 17.5. The molecule has 4 nitrogen and oxygen atoms in total. The molecule has 140 valence electrons.